The molecule has 6 nitrogen and oxygen atoms in total. The number of benzene rings is 1. The Morgan fingerprint density at radius 1 is 1.08 bits per heavy atom. The summed E-state index contributed by atoms with van der Waals surface area (Å²) in [5, 5.41) is 0. The van der Waals surface area contributed by atoms with Crippen molar-refractivity contribution >= 4 is 11.8 Å². The molecule has 2 aliphatic rings. The van der Waals surface area contributed by atoms with Gasteiger partial charge in [-0.1, -0.05) is 18.9 Å². The predicted molar refractivity (Wildman–Crippen MR) is 88.7 cm³/mol. The fraction of sp³-hybridized carbons (Fsp3) is 0.556. The van der Waals surface area contributed by atoms with Gasteiger partial charge in [-0.25, -0.2) is 0 Å². The van der Waals surface area contributed by atoms with Gasteiger partial charge < -0.3 is 19.3 Å². The van der Waals surface area contributed by atoms with Crippen LogP contribution in [-0.4, -0.2) is 48.0 Å². The molecule has 2 aliphatic heterocycles. The maximum Gasteiger partial charge on any atom is 0.242 e. The molecule has 1 aromatic rings. The molecule has 24 heavy (non-hydrogen) atoms. The molecule has 0 N–H and O–H groups in total. The third kappa shape index (κ3) is 3.99. The second-order valence-corrected chi connectivity index (χ2v) is 6.36. The summed E-state index contributed by atoms with van der Waals surface area (Å²) in [5.41, 5.74) is 0.929. The highest BCUT2D eigenvalue weighted by atomic mass is 16.7. The average molecular weight is 332 g/mol. The van der Waals surface area contributed by atoms with E-state index in [1.165, 1.54) is 19.8 Å². The van der Waals surface area contributed by atoms with Crippen LogP contribution in [0.3, 0.4) is 0 Å². The molecule has 0 aliphatic carbocycles. The molecule has 130 valence electrons. The summed E-state index contributed by atoms with van der Waals surface area (Å²) in [4.78, 5) is 28.0. The lowest BCUT2D eigenvalue weighted by Crippen LogP contribution is -2.42. The number of likely N-dealkylation sites (tertiary alicyclic amines) is 1. The van der Waals surface area contributed by atoms with E-state index >= 15 is 0 Å². The monoisotopic (exact) mass is 332 g/mol. The Kier molecular flexibility index (Phi) is 5.23. The molecule has 0 atom stereocenters. The van der Waals surface area contributed by atoms with Crippen molar-refractivity contribution in [1.82, 2.24) is 9.80 Å². The molecule has 1 fully saturated rings. The van der Waals surface area contributed by atoms with Crippen molar-refractivity contribution in [2.24, 2.45) is 0 Å². The lowest BCUT2D eigenvalue weighted by atomic mass is 10.2. The van der Waals surface area contributed by atoms with E-state index < -0.39 is 0 Å². The summed E-state index contributed by atoms with van der Waals surface area (Å²) in [6.07, 6.45) is 4.46. The van der Waals surface area contributed by atoms with Gasteiger partial charge >= 0.3 is 0 Å². The van der Waals surface area contributed by atoms with Crippen LogP contribution in [0.25, 0.3) is 0 Å². The number of amides is 2. The van der Waals surface area contributed by atoms with E-state index in [2.05, 4.69) is 0 Å². The first kappa shape index (κ1) is 16.6. The summed E-state index contributed by atoms with van der Waals surface area (Å²) >= 11 is 0. The molecule has 2 heterocycles. The van der Waals surface area contributed by atoms with Crippen LogP contribution < -0.4 is 9.47 Å². The van der Waals surface area contributed by atoms with Crippen molar-refractivity contribution in [3.8, 4) is 11.5 Å². The minimum atomic E-state index is -0.101. The number of hydrogen-bond donors (Lipinski definition) is 0. The molecule has 6 heteroatoms. The first-order chi connectivity index (χ1) is 11.6. The molecule has 0 radical (unpaired) electrons. The van der Waals surface area contributed by atoms with Gasteiger partial charge in [0.15, 0.2) is 11.5 Å². The summed E-state index contributed by atoms with van der Waals surface area (Å²) in [5.74, 6) is 1.34. The Morgan fingerprint density at radius 2 is 1.79 bits per heavy atom. The Hall–Kier alpha value is -2.24. The van der Waals surface area contributed by atoms with Gasteiger partial charge in [0.25, 0.3) is 0 Å². The van der Waals surface area contributed by atoms with Crippen LogP contribution in [0.2, 0.25) is 0 Å². The lowest BCUT2D eigenvalue weighted by molar-refractivity contribution is -0.139. The Bertz CT molecular complexity index is 609. The van der Waals surface area contributed by atoms with Crippen LogP contribution in [0.4, 0.5) is 0 Å². The number of nitrogens with zero attached hydrogens (tertiary/aromatic N) is 2. The highest BCUT2D eigenvalue weighted by molar-refractivity contribution is 5.83. The Labute approximate surface area is 142 Å². The first-order valence-electron chi connectivity index (χ1n) is 8.55. The van der Waals surface area contributed by atoms with Crippen LogP contribution in [0, 0.1) is 0 Å². The highest BCUT2D eigenvalue weighted by Crippen LogP contribution is 2.32. The summed E-state index contributed by atoms with van der Waals surface area (Å²) in [7, 11) is 0. The SMILES string of the molecule is CC(=O)N(CC(=O)N1CCCCCC1)Cc1ccc2c(c1)OCO2. The maximum atomic E-state index is 12.5. The maximum absolute atomic E-state index is 12.5. The molecule has 0 bridgehead atoms. The fourth-order valence-electron chi connectivity index (χ4n) is 3.12. The van der Waals surface area contributed by atoms with E-state index in [0.29, 0.717) is 18.0 Å². The van der Waals surface area contributed by atoms with Gasteiger partial charge in [-0.3, -0.25) is 9.59 Å². The van der Waals surface area contributed by atoms with Crippen molar-refractivity contribution in [3.63, 3.8) is 0 Å². The number of carbonyl (C=O) groups is 2. The van der Waals surface area contributed by atoms with Crippen LogP contribution in [0.15, 0.2) is 18.2 Å². The standard InChI is InChI=1S/C18H24N2O4/c1-14(21)20(12-18(22)19-8-4-2-3-5-9-19)11-15-6-7-16-17(10-15)24-13-23-16/h6-7,10H,2-5,8-9,11-13H2,1H3. The Morgan fingerprint density at radius 3 is 2.50 bits per heavy atom. The number of hydrogen-bond acceptors (Lipinski definition) is 4. The smallest absolute Gasteiger partial charge is 0.242 e. The predicted octanol–water partition coefficient (Wildman–Crippen LogP) is 2.17. The van der Waals surface area contributed by atoms with Gasteiger partial charge in [0.2, 0.25) is 18.6 Å². The van der Waals surface area contributed by atoms with Gasteiger partial charge in [-0.2, -0.15) is 0 Å². The molecule has 0 saturated carbocycles. The molecule has 3 rings (SSSR count). The molecule has 0 aromatic heterocycles. The molecular weight excluding hydrogens is 308 g/mol. The van der Waals surface area contributed by atoms with E-state index in [4.69, 9.17) is 9.47 Å². The first-order valence-corrected chi connectivity index (χ1v) is 8.55. The summed E-state index contributed by atoms with van der Waals surface area (Å²) in [6.45, 7) is 3.85. The number of rotatable bonds is 4. The topological polar surface area (TPSA) is 59.1 Å². The number of fused-ring (bicyclic) bond motifs is 1. The van der Waals surface area contributed by atoms with Crippen LogP contribution >= 0.6 is 0 Å². The van der Waals surface area contributed by atoms with Gasteiger partial charge in [0.05, 0.1) is 0 Å². The minimum Gasteiger partial charge on any atom is -0.454 e. The summed E-state index contributed by atoms with van der Waals surface area (Å²) in [6, 6.07) is 5.61. The van der Waals surface area contributed by atoms with Gasteiger partial charge in [0, 0.05) is 26.6 Å². The summed E-state index contributed by atoms with van der Waals surface area (Å²) < 4.78 is 10.7. The number of ether oxygens (including phenoxy) is 2. The zero-order valence-corrected chi connectivity index (χ0v) is 14.1. The van der Waals surface area contributed by atoms with E-state index in [9.17, 15) is 9.59 Å². The highest BCUT2D eigenvalue weighted by Gasteiger charge is 2.21. The normalized spacial score (nSPS) is 16.6. The second kappa shape index (κ2) is 7.55. The van der Waals surface area contributed by atoms with Crippen LogP contribution in [0.1, 0.15) is 38.2 Å². The van der Waals surface area contributed by atoms with Crippen molar-refractivity contribution in [1.29, 1.82) is 0 Å². The van der Waals surface area contributed by atoms with Gasteiger partial charge in [-0.15, -0.1) is 0 Å². The van der Waals surface area contributed by atoms with Crippen LogP contribution in [-0.2, 0) is 16.1 Å². The average Bonchev–Trinajstić information content (AvgIpc) is 2.85. The zero-order valence-electron chi connectivity index (χ0n) is 14.1. The zero-order chi connectivity index (χ0) is 16.9. The van der Waals surface area contributed by atoms with E-state index in [1.807, 2.05) is 23.1 Å². The lowest BCUT2D eigenvalue weighted by Gasteiger charge is -2.26. The molecule has 1 saturated heterocycles. The van der Waals surface area contributed by atoms with Gasteiger partial charge in [0.1, 0.15) is 6.54 Å². The molecule has 0 unspecified atom stereocenters. The number of carbonyl (C=O) groups excluding carboxylic acids is 2. The van der Waals surface area contributed by atoms with Crippen molar-refractivity contribution in [2.45, 2.75) is 39.2 Å². The van der Waals surface area contributed by atoms with E-state index in [1.54, 1.807) is 4.90 Å². The third-order valence-corrected chi connectivity index (χ3v) is 4.54. The van der Waals surface area contributed by atoms with Crippen LogP contribution in [0.5, 0.6) is 11.5 Å². The molecule has 2 amide bonds. The molecule has 0 spiro atoms. The van der Waals surface area contributed by atoms with Crippen molar-refractivity contribution < 1.29 is 19.1 Å². The fourth-order valence-corrected chi connectivity index (χ4v) is 3.12. The third-order valence-electron chi connectivity index (χ3n) is 4.54. The quantitative estimate of drug-likeness (QED) is 0.848. The van der Waals surface area contributed by atoms with Crippen molar-refractivity contribution in [3.05, 3.63) is 23.8 Å². The Balaban J connectivity index is 1.64. The minimum absolute atomic E-state index is 0.0350. The molecule has 1 aromatic carbocycles. The van der Waals surface area contributed by atoms with E-state index in [0.717, 1.165) is 31.5 Å². The second-order valence-electron chi connectivity index (χ2n) is 6.36. The van der Waals surface area contributed by atoms with Gasteiger partial charge in [-0.05, 0) is 30.5 Å². The van der Waals surface area contributed by atoms with E-state index in [-0.39, 0.29) is 25.2 Å². The van der Waals surface area contributed by atoms with Crippen molar-refractivity contribution in [2.75, 3.05) is 26.4 Å². The largest absolute Gasteiger partial charge is 0.454 e. The molecular formula is C18H24N2O4.